The molecule has 1 unspecified atom stereocenters. The van der Waals surface area contributed by atoms with Crippen LogP contribution < -0.4 is 5.32 Å². The number of hydrogen-bond donors (Lipinski definition) is 1. The van der Waals surface area contributed by atoms with E-state index in [2.05, 4.69) is 5.32 Å². The largest absolute Gasteiger partial charge is 0.325 e. The van der Waals surface area contributed by atoms with Gasteiger partial charge in [-0.05, 0) is 44.2 Å². The Morgan fingerprint density at radius 3 is 2.55 bits per heavy atom. The molecule has 1 atom stereocenters. The molecule has 1 N–H and O–H groups in total. The molecule has 22 heavy (non-hydrogen) atoms. The van der Waals surface area contributed by atoms with Crippen LogP contribution in [0.4, 0.5) is 5.69 Å². The third kappa shape index (κ3) is 4.27. The molecule has 2 aromatic rings. The van der Waals surface area contributed by atoms with Gasteiger partial charge >= 0.3 is 0 Å². The summed E-state index contributed by atoms with van der Waals surface area (Å²) < 4.78 is 0. The van der Waals surface area contributed by atoms with Crippen LogP contribution >= 0.6 is 23.4 Å². The molecular weight excluding hydrogens is 316 g/mol. The summed E-state index contributed by atoms with van der Waals surface area (Å²) in [5.41, 5.74) is 2.17. The Kier molecular flexibility index (Phi) is 5.48. The first kappa shape index (κ1) is 16.4. The summed E-state index contributed by atoms with van der Waals surface area (Å²) in [6.07, 6.45) is 0. The van der Waals surface area contributed by atoms with E-state index in [1.165, 1.54) is 17.3 Å². The van der Waals surface area contributed by atoms with Crippen LogP contribution in [0, 0.1) is 18.3 Å². The minimum absolute atomic E-state index is 0.105. The number of aryl methyl sites for hydroxylation is 1. The second kappa shape index (κ2) is 7.35. The lowest BCUT2D eigenvalue weighted by Gasteiger charge is -2.12. The van der Waals surface area contributed by atoms with Gasteiger partial charge in [0, 0.05) is 10.6 Å². The zero-order chi connectivity index (χ0) is 16.1. The van der Waals surface area contributed by atoms with Gasteiger partial charge in [0.15, 0.2) is 0 Å². The lowest BCUT2D eigenvalue weighted by Crippen LogP contribution is -2.22. The van der Waals surface area contributed by atoms with Gasteiger partial charge in [-0.3, -0.25) is 4.79 Å². The smallest absolute Gasteiger partial charge is 0.237 e. The van der Waals surface area contributed by atoms with Crippen molar-refractivity contribution in [2.24, 2.45) is 0 Å². The quantitative estimate of drug-likeness (QED) is 0.831. The van der Waals surface area contributed by atoms with Gasteiger partial charge in [-0.15, -0.1) is 11.8 Å². The van der Waals surface area contributed by atoms with Gasteiger partial charge in [0.05, 0.1) is 15.8 Å². The molecule has 0 aliphatic carbocycles. The van der Waals surface area contributed by atoms with E-state index in [-0.39, 0.29) is 11.2 Å². The molecule has 5 heteroatoms. The third-order valence-corrected chi connectivity index (χ3v) is 4.48. The van der Waals surface area contributed by atoms with E-state index >= 15 is 0 Å². The monoisotopic (exact) mass is 330 g/mol. The number of nitrogens with zero attached hydrogens (tertiary/aromatic N) is 1. The first-order valence-electron chi connectivity index (χ1n) is 6.73. The number of hydrogen-bond acceptors (Lipinski definition) is 3. The Bertz CT molecular complexity index is 722. The maximum absolute atomic E-state index is 12.2. The fraction of sp³-hybridized carbons (Fsp3) is 0.176. The highest BCUT2D eigenvalue weighted by molar-refractivity contribution is 8.00. The van der Waals surface area contributed by atoms with Crippen molar-refractivity contribution in [1.29, 1.82) is 5.26 Å². The van der Waals surface area contributed by atoms with E-state index < -0.39 is 0 Å². The molecule has 0 aromatic heterocycles. The van der Waals surface area contributed by atoms with Crippen molar-refractivity contribution in [2.45, 2.75) is 24.0 Å². The summed E-state index contributed by atoms with van der Waals surface area (Å²) in [4.78, 5) is 13.3. The number of carbonyl (C=O) groups is 1. The van der Waals surface area contributed by atoms with Gasteiger partial charge in [-0.2, -0.15) is 5.26 Å². The molecule has 0 saturated carbocycles. The fourth-order valence-electron chi connectivity index (χ4n) is 1.80. The summed E-state index contributed by atoms with van der Waals surface area (Å²) in [6, 6.07) is 14.9. The van der Waals surface area contributed by atoms with E-state index in [0.29, 0.717) is 16.3 Å². The first-order valence-corrected chi connectivity index (χ1v) is 7.99. The maximum atomic E-state index is 12.2. The molecule has 3 nitrogen and oxygen atoms in total. The van der Waals surface area contributed by atoms with E-state index in [0.717, 1.165) is 4.90 Å². The highest BCUT2D eigenvalue weighted by Crippen LogP contribution is 2.25. The molecule has 1 amide bonds. The highest BCUT2D eigenvalue weighted by Gasteiger charge is 2.15. The fourth-order valence-corrected chi connectivity index (χ4v) is 2.89. The van der Waals surface area contributed by atoms with Crippen molar-refractivity contribution in [2.75, 3.05) is 5.32 Å². The first-order chi connectivity index (χ1) is 10.5. The lowest BCUT2D eigenvalue weighted by molar-refractivity contribution is -0.115. The van der Waals surface area contributed by atoms with Gasteiger partial charge in [0.1, 0.15) is 6.07 Å². The normalized spacial score (nSPS) is 11.5. The van der Waals surface area contributed by atoms with Crippen LogP contribution in [0.2, 0.25) is 5.02 Å². The topological polar surface area (TPSA) is 52.9 Å². The zero-order valence-corrected chi connectivity index (χ0v) is 13.8. The molecular formula is C17H15ClN2OS. The summed E-state index contributed by atoms with van der Waals surface area (Å²) in [5.74, 6) is -0.105. The molecule has 0 aliphatic rings. The van der Waals surface area contributed by atoms with Crippen LogP contribution in [-0.2, 0) is 4.79 Å². The number of nitrogens with one attached hydrogen (secondary N) is 1. The number of carbonyl (C=O) groups excluding carboxylic acids is 1. The van der Waals surface area contributed by atoms with Crippen LogP contribution in [-0.4, -0.2) is 11.2 Å². The van der Waals surface area contributed by atoms with E-state index in [9.17, 15) is 4.79 Å². The predicted octanol–water partition coefficient (Wildman–Crippen LogP) is 4.64. The number of anilines is 1. The van der Waals surface area contributed by atoms with Gasteiger partial charge in [0.25, 0.3) is 0 Å². The van der Waals surface area contributed by atoms with Crippen molar-refractivity contribution in [3.63, 3.8) is 0 Å². The molecule has 2 aromatic carbocycles. The van der Waals surface area contributed by atoms with E-state index in [1.807, 2.05) is 44.2 Å². The standard InChI is InChI=1S/C17H15ClN2OS/c1-11-3-7-15(8-4-11)22-12(2)17(21)20-14-6-5-13(10-19)16(18)9-14/h3-9,12H,1-2H3,(H,20,21). The average Bonchev–Trinajstić information content (AvgIpc) is 2.49. The summed E-state index contributed by atoms with van der Waals surface area (Å²) >= 11 is 7.45. The number of amides is 1. The van der Waals surface area contributed by atoms with Crippen LogP contribution in [0.15, 0.2) is 47.4 Å². The van der Waals surface area contributed by atoms with Crippen LogP contribution in [0.25, 0.3) is 0 Å². The van der Waals surface area contributed by atoms with Crippen LogP contribution in [0.5, 0.6) is 0 Å². The Hall–Kier alpha value is -1.96. The van der Waals surface area contributed by atoms with Crippen molar-refractivity contribution in [1.82, 2.24) is 0 Å². The Morgan fingerprint density at radius 1 is 1.27 bits per heavy atom. The molecule has 0 heterocycles. The molecule has 0 spiro atoms. The predicted molar refractivity (Wildman–Crippen MR) is 91.3 cm³/mol. The Balaban J connectivity index is 2.00. The molecule has 2 rings (SSSR count). The highest BCUT2D eigenvalue weighted by atomic mass is 35.5. The number of benzene rings is 2. The van der Waals surface area contributed by atoms with Gasteiger partial charge in [-0.25, -0.2) is 0 Å². The summed E-state index contributed by atoms with van der Waals surface area (Å²) in [7, 11) is 0. The minimum atomic E-state index is -0.239. The van der Waals surface area contributed by atoms with Gasteiger partial charge in [0.2, 0.25) is 5.91 Å². The van der Waals surface area contributed by atoms with Crippen molar-refractivity contribution < 1.29 is 4.79 Å². The number of thioether (sulfide) groups is 1. The van der Waals surface area contributed by atoms with Crippen molar-refractivity contribution in [3.05, 3.63) is 58.6 Å². The molecule has 0 fully saturated rings. The number of nitriles is 1. The lowest BCUT2D eigenvalue weighted by atomic mass is 10.2. The summed E-state index contributed by atoms with van der Waals surface area (Å²) in [5, 5.41) is 11.7. The zero-order valence-electron chi connectivity index (χ0n) is 12.3. The molecule has 0 bridgehead atoms. The molecule has 0 radical (unpaired) electrons. The summed E-state index contributed by atoms with van der Waals surface area (Å²) in [6.45, 7) is 3.88. The van der Waals surface area contributed by atoms with Crippen molar-refractivity contribution >= 4 is 35.0 Å². The Morgan fingerprint density at radius 2 is 1.95 bits per heavy atom. The average molecular weight is 331 g/mol. The van der Waals surface area contributed by atoms with Crippen molar-refractivity contribution in [3.8, 4) is 6.07 Å². The maximum Gasteiger partial charge on any atom is 0.237 e. The number of rotatable bonds is 4. The van der Waals surface area contributed by atoms with Gasteiger partial charge in [-0.1, -0.05) is 29.3 Å². The molecule has 112 valence electrons. The minimum Gasteiger partial charge on any atom is -0.325 e. The second-order valence-corrected chi connectivity index (χ2v) is 6.69. The van der Waals surface area contributed by atoms with E-state index in [1.54, 1.807) is 18.2 Å². The van der Waals surface area contributed by atoms with Crippen LogP contribution in [0.1, 0.15) is 18.1 Å². The SMILES string of the molecule is Cc1ccc(SC(C)C(=O)Nc2ccc(C#N)c(Cl)c2)cc1. The number of halogens is 1. The van der Waals surface area contributed by atoms with Gasteiger partial charge < -0.3 is 5.32 Å². The molecule has 0 saturated heterocycles. The molecule has 0 aliphatic heterocycles. The van der Waals surface area contributed by atoms with E-state index in [4.69, 9.17) is 16.9 Å². The Labute approximate surface area is 139 Å². The second-order valence-electron chi connectivity index (χ2n) is 4.87. The third-order valence-electron chi connectivity index (χ3n) is 3.06. The van der Waals surface area contributed by atoms with Crippen LogP contribution in [0.3, 0.4) is 0 Å².